The van der Waals surface area contributed by atoms with E-state index in [9.17, 15) is 86.0 Å². The minimum Gasteiger partial charge on any atom is -0.366 e. The topological polar surface area (TPSA) is 515 Å². The predicted octanol–water partition coefficient (Wildman–Crippen LogP) is -4.58. The molecule has 2 rings (SSSR count). The van der Waals surface area contributed by atoms with Gasteiger partial charge in [-0.25, -0.2) is 32.0 Å². The van der Waals surface area contributed by atoms with Gasteiger partial charge in [-0.1, -0.05) is 0 Å². The molecular formula is C12H29O32P7. The van der Waals surface area contributed by atoms with Crippen molar-refractivity contribution in [2.45, 2.75) is 61.4 Å². The average Bonchev–Trinajstić information content (AvgIpc) is 2.84. The summed E-state index contributed by atoms with van der Waals surface area (Å²) in [6.45, 7) is -3.25. The average molecular weight is 902 g/mol. The maximum atomic E-state index is 12.0. The first-order chi connectivity index (χ1) is 22.5. The second kappa shape index (κ2) is 17.4. The Kier molecular flexibility index (Phi) is 16.3. The van der Waals surface area contributed by atoms with Gasteiger partial charge in [0.25, 0.3) is 0 Å². The molecule has 0 bridgehead atoms. The minimum atomic E-state index is -6.10. The van der Waals surface area contributed by atoms with E-state index >= 15 is 0 Å². The van der Waals surface area contributed by atoms with Crippen molar-refractivity contribution < 1.29 is 151 Å². The van der Waals surface area contributed by atoms with Gasteiger partial charge in [0, 0.05) is 0 Å². The van der Waals surface area contributed by atoms with Gasteiger partial charge in [-0.05, 0) is 0 Å². The zero-order valence-corrected chi connectivity index (χ0v) is 30.2. The van der Waals surface area contributed by atoms with Gasteiger partial charge in [-0.2, -0.15) is 0 Å². The first-order valence-corrected chi connectivity index (χ1v) is 23.0. The molecular weight excluding hydrogens is 873 g/mol. The van der Waals surface area contributed by atoms with Crippen molar-refractivity contribution in [2.75, 3.05) is 13.2 Å². The predicted molar refractivity (Wildman–Crippen MR) is 145 cm³/mol. The van der Waals surface area contributed by atoms with Crippen LogP contribution in [0.25, 0.3) is 0 Å². The zero-order chi connectivity index (χ0) is 39.8. The number of phosphoric acid groups is 7. The summed E-state index contributed by atoms with van der Waals surface area (Å²) in [7, 11) is -41.2. The molecule has 0 saturated carbocycles. The van der Waals surface area contributed by atoms with E-state index in [-0.39, 0.29) is 0 Å². The molecule has 39 heteroatoms. The third-order valence-electron chi connectivity index (χ3n) is 5.60. The van der Waals surface area contributed by atoms with Crippen LogP contribution >= 0.6 is 54.8 Å². The first kappa shape index (κ1) is 47.8. The molecule has 0 aromatic heterocycles. The number of hydrogen-bond donors (Lipinski definition) is 15. The van der Waals surface area contributed by atoms with Crippen molar-refractivity contribution in [1.82, 2.24) is 0 Å². The fraction of sp³-hybridized carbons (Fsp3) is 1.00. The summed E-state index contributed by atoms with van der Waals surface area (Å²) >= 11 is 0. The number of ether oxygens (including phenoxy) is 3. The number of aliphatic hydroxyl groups is 1. The molecule has 10 atom stereocenters. The molecule has 2 saturated heterocycles. The number of hydrogen-bond acceptors (Lipinski definition) is 18. The normalized spacial score (nSPS) is 32.2. The van der Waals surface area contributed by atoms with Crippen molar-refractivity contribution in [3.8, 4) is 0 Å². The third kappa shape index (κ3) is 18.0. The fourth-order valence-corrected chi connectivity index (χ4v) is 7.64. The fourth-order valence-electron chi connectivity index (χ4n) is 4.20. The van der Waals surface area contributed by atoms with Crippen LogP contribution in [-0.2, 0) is 77.8 Å². The van der Waals surface area contributed by atoms with Gasteiger partial charge < -0.3 is 87.8 Å². The lowest BCUT2D eigenvalue weighted by molar-refractivity contribution is -0.347. The smallest absolute Gasteiger partial charge is 0.366 e. The molecule has 0 spiro atoms. The van der Waals surface area contributed by atoms with Gasteiger partial charge in [0.05, 0.1) is 13.2 Å². The monoisotopic (exact) mass is 902 g/mol. The Balaban J connectivity index is 2.87. The van der Waals surface area contributed by atoms with E-state index in [1.54, 1.807) is 0 Å². The van der Waals surface area contributed by atoms with Crippen LogP contribution in [0, 0.1) is 0 Å². The van der Waals surface area contributed by atoms with E-state index in [1.165, 1.54) is 0 Å². The summed E-state index contributed by atoms with van der Waals surface area (Å²) in [4.78, 5) is 131. The maximum Gasteiger partial charge on any atom is 0.470 e. The highest BCUT2D eigenvalue weighted by atomic mass is 31.2. The van der Waals surface area contributed by atoms with Crippen LogP contribution < -0.4 is 0 Å². The second-order valence-electron chi connectivity index (χ2n) is 9.58. The molecule has 0 radical (unpaired) electrons. The quantitative estimate of drug-likeness (QED) is 0.0576. The molecule has 2 fully saturated rings. The molecule has 2 aliphatic heterocycles. The maximum absolute atomic E-state index is 12.0. The molecule has 32 nitrogen and oxygen atoms in total. The zero-order valence-electron chi connectivity index (χ0n) is 24.0. The molecule has 0 aliphatic carbocycles. The van der Waals surface area contributed by atoms with Crippen molar-refractivity contribution in [2.24, 2.45) is 0 Å². The summed E-state index contributed by atoms with van der Waals surface area (Å²) in [5.74, 6) is 0. The van der Waals surface area contributed by atoms with Gasteiger partial charge in [0.2, 0.25) is 0 Å². The van der Waals surface area contributed by atoms with Crippen LogP contribution in [0.1, 0.15) is 0 Å². The molecule has 304 valence electrons. The van der Waals surface area contributed by atoms with Crippen LogP contribution in [0.15, 0.2) is 0 Å². The summed E-state index contributed by atoms with van der Waals surface area (Å²) in [6, 6.07) is 0. The summed E-state index contributed by atoms with van der Waals surface area (Å²) in [5.41, 5.74) is 0. The van der Waals surface area contributed by atoms with Crippen molar-refractivity contribution in [3.63, 3.8) is 0 Å². The molecule has 0 amide bonds. The number of rotatable bonds is 18. The second-order valence-corrected chi connectivity index (χ2v) is 18.0. The molecule has 2 heterocycles. The molecule has 0 unspecified atom stereocenters. The van der Waals surface area contributed by atoms with E-state index in [2.05, 4.69) is 31.7 Å². The van der Waals surface area contributed by atoms with E-state index in [4.69, 9.17) is 33.8 Å². The Labute approximate surface area is 281 Å². The van der Waals surface area contributed by atoms with E-state index < -0.39 is 129 Å². The SMILES string of the molecule is O=P(O)(O)OC[C@H]1O[C@@H](O[C@H]2[C@H](OP(=O)(O)O)[C@@H](OP(=O)(O)O)[C@@H](O)O[C@@H]2COP(=O)(O)O)[C@H](OP(=O)(O)O)[C@@H](OP(=O)(O)O)[C@H]1OP(=O)(O)O. The van der Waals surface area contributed by atoms with Crippen molar-refractivity contribution in [1.29, 1.82) is 0 Å². The van der Waals surface area contributed by atoms with Crippen LogP contribution in [-0.4, -0.2) is 148 Å². The van der Waals surface area contributed by atoms with E-state index in [0.29, 0.717) is 0 Å². The minimum absolute atomic E-state index is 1.58. The first-order valence-electron chi connectivity index (χ1n) is 12.3. The summed E-state index contributed by atoms with van der Waals surface area (Å²) in [6.07, 6.45) is -28.3. The Morgan fingerprint density at radius 1 is 0.392 bits per heavy atom. The van der Waals surface area contributed by atoms with Gasteiger partial charge in [0.1, 0.15) is 48.8 Å². The highest BCUT2D eigenvalue weighted by Crippen LogP contribution is 2.53. The van der Waals surface area contributed by atoms with Crippen molar-refractivity contribution in [3.05, 3.63) is 0 Å². The Bertz CT molecular complexity index is 1510. The van der Waals surface area contributed by atoms with Crippen LogP contribution in [0.4, 0.5) is 0 Å². The van der Waals surface area contributed by atoms with Gasteiger partial charge in [0.15, 0.2) is 12.6 Å². The van der Waals surface area contributed by atoms with E-state index in [0.717, 1.165) is 0 Å². The Morgan fingerprint density at radius 2 is 0.706 bits per heavy atom. The number of phosphoric ester groups is 7. The highest BCUT2D eigenvalue weighted by Gasteiger charge is 2.59. The van der Waals surface area contributed by atoms with Crippen LogP contribution in [0.2, 0.25) is 0 Å². The van der Waals surface area contributed by atoms with Gasteiger partial charge in [-0.3, -0.25) is 31.7 Å². The lowest BCUT2D eigenvalue weighted by Crippen LogP contribution is -2.65. The lowest BCUT2D eigenvalue weighted by atomic mass is 9.97. The molecule has 15 N–H and O–H groups in total. The Hall–Kier alpha value is 0.610. The summed E-state index contributed by atoms with van der Waals surface area (Å²) in [5, 5.41) is 10.4. The molecule has 2 aliphatic rings. The highest BCUT2D eigenvalue weighted by molar-refractivity contribution is 7.47. The van der Waals surface area contributed by atoms with E-state index in [1.807, 2.05) is 0 Å². The largest absolute Gasteiger partial charge is 0.470 e. The molecule has 51 heavy (non-hydrogen) atoms. The standard InChI is InChI=1S/C12H29O32P7/c13-11-9(43-50(29,30)31)7(41-48(23,24)25)5(3(37-11)1-35-45(14,15)16)39-12-10(44-51(32,33)34)8(42-49(26,27)28)6(40-47(20,21)22)4(38-12)2-36-46(17,18)19/h3-13H,1-2H2,(H2,14,15,16)(H2,17,18,19)(H2,20,21,22)(H2,23,24,25)(H2,26,27,28)(H2,29,30,31)(H2,32,33,34)/t3-,4-,5-,6+,7+,8+,9-,10-,11+,12+/m1/s1. The summed E-state index contributed by atoms with van der Waals surface area (Å²) < 4.78 is 127. The third-order valence-corrected chi connectivity index (χ3v) is 9.16. The van der Waals surface area contributed by atoms with Crippen LogP contribution in [0.5, 0.6) is 0 Å². The molecule has 0 aromatic rings. The number of aliphatic hydroxyl groups excluding tert-OH is 1. The van der Waals surface area contributed by atoms with Crippen molar-refractivity contribution >= 4 is 54.8 Å². The molecule has 0 aromatic carbocycles. The Morgan fingerprint density at radius 3 is 1.08 bits per heavy atom. The van der Waals surface area contributed by atoms with Gasteiger partial charge >= 0.3 is 54.8 Å². The lowest BCUT2D eigenvalue weighted by Gasteiger charge is -2.49. The van der Waals surface area contributed by atoms with Crippen LogP contribution in [0.3, 0.4) is 0 Å². The van der Waals surface area contributed by atoms with Gasteiger partial charge in [-0.15, -0.1) is 0 Å².